The van der Waals surface area contributed by atoms with Crippen molar-refractivity contribution in [2.24, 2.45) is 35.5 Å². The normalized spacial score (nSPS) is 39.3. The third kappa shape index (κ3) is 3.38. The van der Waals surface area contributed by atoms with E-state index in [1.54, 1.807) is 0 Å². The van der Waals surface area contributed by atoms with Crippen LogP contribution in [0.3, 0.4) is 0 Å². The van der Waals surface area contributed by atoms with Crippen molar-refractivity contribution in [1.29, 1.82) is 0 Å². The molecule has 0 aromatic heterocycles. The Kier molecular flexibility index (Phi) is 6.76. The van der Waals surface area contributed by atoms with Crippen LogP contribution in [0.2, 0.25) is 0 Å². The summed E-state index contributed by atoms with van der Waals surface area (Å²) in [5.74, 6) is 2.75. The van der Waals surface area contributed by atoms with Crippen molar-refractivity contribution in [1.82, 2.24) is 0 Å². The maximum Gasteiger partial charge on any atom is 0.0626 e. The molecule has 2 aliphatic rings. The van der Waals surface area contributed by atoms with Gasteiger partial charge in [0.05, 0.1) is 12.2 Å². The molecule has 0 amide bonds. The fourth-order valence-electron chi connectivity index (χ4n) is 5.85. The standard InChI is InChI=1S/C20H38O2/c1-5-13(6-2)16-11-9-10-15-12-17(14(7-3)8-4)20(22)18(15)19(16)21/h13-22H,5-12H2,1-4H3/t15?,16?,17-,18?,19?,20?/m1/s1. The molecular weight excluding hydrogens is 272 g/mol. The number of hydrogen-bond acceptors (Lipinski definition) is 2. The highest BCUT2D eigenvalue weighted by molar-refractivity contribution is 5.00. The molecule has 0 aliphatic heterocycles. The van der Waals surface area contributed by atoms with Gasteiger partial charge >= 0.3 is 0 Å². The van der Waals surface area contributed by atoms with Gasteiger partial charge < -0.3 is 10.2 Å². The van der Waals surface area contributed by atoms with E-state index < -0.39 is 0 Å². The van der Waals surface area contributed by atoms with Gasteiger partial charge in [-0.3, -0.25) is 0 Å². The summed E-state index contributed by atoms with van der Waals surface area (Å²) in [4.78, 5) is 0. The first-order valence-corrected chi connectivity index (χ1v) is 9.94. The second-order valence-corrected chi connectivity index (χ2v) is 7.97. The third-order valence-corrected chi connectivity index (χ3v) is 7.21. The molecule has 0 aromatic rings. The summed E-state index contributed by atoms with van der Waals surface area (Å²) >= 11 is 0. The van der Waals surface area contributed by atoms with Gasteiger partial charge in [-0.05, 0) is 48.9 Å². The van der Waals surface area contributed by atoms with Crippen molar-refractivity contribution in [3.8, 4) is 0 Å². The molecule has 2 fully saturated rings. The van der Waals surface area contributed by atoms with E-state index in [9.17, 15) is 10.2 Å². The molecule has 0 aromatic carbocycles. The molecule has 130 valence electrons. The number of hydrogen-bond donors (Lipinski definition) is 2. The topological polar surface area (TPSA) is 40.5 Å². The monoisotopic (exact) mass is 310 g/mol. The molecule has 2 saturated carbocycles. The van der Waals surface area contributed by atoms with Crippen LogP contribution in [0.15, 0.2) is 0 Å². The molecule has 0 saturated heterocycles. The van der Waals surface area contributed by atoms with Crippen LogP contribution in [-0.4, -0.2) is 22.4 Å². The molecule has 2 heteroatoms. The molecule has 0 radical (unpaired) electrons. The van der Waals surface area contributed by atoms with E-state index in [2.05, 4.69) is 27.7 Å². The largest absolute Gasteiger partial charge is 0.392 e. The summed E-state index contributed by atoms with van der Waals surface area (Å²) in [6, 6.07) is 0. The minimum absolute atomic E-state index is 0.138. The highest BCUT2D eigenvalue weighted by Crippen LogP contribution is 2.50. The van der Waals surface area contributed by atoms with Gasteiger partial charge in [0.25, 0.3) is 0 Å². The van der Waals surface area contributed by atoms with Gasteiger partial charge in [-0.25, -0.2) is 0 Å². The first kappa shape index (κ1) is 18.3. The van der Waals surface area contributed by atoms with Crippen molar-refractivity contribution in [3.63, 3.8) is 0 Å². The maximum atomic E-state index is 11.1. The minimum atomic E-state index is -0.285. The molecular formula is C20H38O2. The first-order chi connectivity index (χ1) is 10.6. The Bertz CT molecular complexity index is 322. The van der Waals surface area contributed by atoms with E-state index >= 15 is 0 Å². The van der Waals surface area contributed by atoms with Crippen LogP contribution in [0.4, 0.5) is 0 Å². The van der Waals surface area contributed by atoms with Crippen LogP contribution in [0, 0.1) is 35.5 Å². The molecule has 0 heterocycles. The fourth-order valence-corrected chi connectivity index (χ4v) is 5.85. The summed E-state index contributed by atoms with van der Waals surface area (Å²) in [6.45, 7) is 9.00. The van der Waals surface area contributed by atoms with Crippen molar-refractivity contribution in [2.75, 3.05) is 0 Å². The molecule has 0 bridgehead atoms. The van der Waals surface area contributed by atoms with Crippen LogP contribution in [0.1, 0.15) is 79.1 Å². The molecule has 2 rings (SSSR count). The molecule has 6 atom stereocenters. The third-order valence-electron chi connectivity index (χ3n) is 7.21. The van der Waals surface area contributed by atoms with Gasteiger partial charge in [0.2, 0.25) is 0 Å². The summed E-state index contributed by atoms with van der Waals surface area (Å²) in [7, 11) is 0. The second-order valence-electron chi connectivity index (χ2n) is 7.97. The van der Waals surface area contributed by atoms with Crippen molar-refractivity contribution in [2.45, 2.75) is 91.3 Å². The highest BCUT2D eigenvalue weighted by Gasteiger charge is 2.50. The average molecular weight is 311 g/mol. The summed E-state index contributed by atoms with van der Waals surface area (Å²) in [6.07, 6.45) is 8.81. The number of aliphatic hydroxyl groups is 2. The number of aliphatic hydroxyl groups excluding tert-OH is 2. The van der Waals surface area contributed by atoms with Crippen LogP contribution < -0.4 is 0 Å². The Morgan fingerprint density at radius 3 is 1.82 bits per heavy atom. The first-order valence-electron chi connectivity index (χ1n) is 9.94. The molecule has 0 spiro atoms. The van der Waals surface area contributed by atoms with E-state index in [4.69, 9.17) is 0 Å². The minimum Gasteiger partial charge on any atom is -0.392 e. The lowest BCUT2D eigenvalue weighted by Gasteiger charge is -2.35. The summed E-state index contributed by atoms with van der Waals surface area (Å²) < 4.78 is 0. The predicted molar refractivity (Wildman–Crippen MR) is 92.6 cm³/mol. The van der Waals surface area contributed by atoms with E-state index in [1.165, 1.54) is 12.8 Å². The van der Waals surface area contributed by atoms with Gasteiger partial charge in [0.15, 0.2) is 0 Å². The van der Waals surface area contributed by atoms with Crippen molar-refractivity contribution < 1.29 is 10.2 Å². The quantitative estimate of drug-likeness (QED) is 0.750. The smallest absolute Gasteiger partial charge is 0.0626 e. The van der Waals surface area contributed by atoms with Crippen molar-refractivity contribution in [3.05, 3.63) is 0 Å². The predicted octanol–water partition coefficient (Wildman–Crippen LogP) is 4.63. The molecule has 2 aliphatic carbocycles. The van der Waals surface area contributed by atoms with Crippen LogP contribution in [0.25, 0.3) is 0 Å². The highest BCUT2D eigenvalue weighted by atomic mass is 16.3. The van der Waals surface area contributed by atoms with Gasteiger partial charge in [-0.2, -0.15) is 0 Å². The summed E-state index contributed by atoms with van der Waals surface area (Å²) in [5, 5.41) is 22.1. The fraction of sp³-hybridized carbons (Fsp3) is 1.00. The second kappa shape index (κ2) is 8.15. The number of rotatable bonds is 6. The lowest BCUT2D eigenvalue weighted by molar-refractivity contribution is -0.0451. The lowest BCUT2D eigenvalue weighted by atomic mass is 9.75. The Labute approximate surface area is 137 Å². The molecule has 22 heavy (non-hydrogen) atoms. The lowest BCUT2D eigenvalue weighted by Crippen LogP contribution is -2.40. The zero-order valence-electron chi connectivity index (χ0n) is 15.2. The van der Waals surface area contributed by atoms with Gasteiger partial charge in [0.1, 0.15) is 0 Å². The summed E-state index contributed by atoms with van der Waals surface area (Å²) in [5.41, 5.74) is 0. The Morgan fingerprint density at radius 2 is 1.27 bits per heavy atom. The molecule has 5 unspecified atom stereocenters. The van der Waals surface area contributed by atoms with Gasteiger partial charge in [-0.15, -0.1) is 0 Å². The van der Waals surface area contributed by atoms with Gasteiger partial charge in [0, 0.05) is 5.92 Å². The Hall–Kier alpha value is -0.0800. The van der Waals surface area contributed by atoms with E-state index in [0.29, 0.717) is 29.6 Å². The zero-order chi connectivity index (χ0) is 16.3. The zero-order valence-corrected chi connectivity index (χ0v) is 15.2. The van der Waals surface area contributed by atoms with E-state index in [1.807, 2.05) is 0 Å². The van der Waals surface area contributed by atoms with Crippen molar-refractivity contribution >= 4 is 0 Å². The SMILES string of the molecule is CCC(CC)C1CCCC2C[C@H](C(CC)CC)C(O)C2C1O. The van der Waals surface area contributed by atoms with E-state index in [0.717, 1.165) is 38.5 Å². The number of fused-ring (bicyclic) bond motifs is 1. The van der Waals surface area contributed by atoms with Gasteiger partial charge in [-0.1, -0.05) is 59.8 Å². The van der Waals surface area contributed by atoms with Crippen LogP contribution >= 0.6 is 0 Å². The molecule has 2 N–H and O–H groups in total. The Balaban J connectivity index is 2.17. The Morgan fingerprint density at radius 1 is 0.773 bits per heavy atom. The maximum absolute atomic E-state index is 11.1. The molecule has 2 nitrogen and oxygen atoms in total. The van der Waals surface area contributed by atoms with Crippen LogP contribution in [-0.2, 0) is 0 Å². The van der Waals surface area contributed by atoms with Crippen LogP contribution in [0.5, 0.6) is 0 Å². The van der Waals surface area contributed by atoms with E-state index in [-0.39, 0.29) is 18.1 Å². The average Bonchev–Trinajstić information content (AvgIpc) is 2.75.